The summed E-state index contributed by atoms with van der Waals surface area (Å²) < 4.78 is 14.3. The number of nitro benzene ring substituents is 1. The van der Waals surface area contributed by atoms with Gasteiger partial charge in [-0.3, -0.25) is 24.5 Å². The van der Waals surface area contributed by atoms with E-state index in [1.807, 2.05) is 0 Å². The monoisotopic (exact) mass is 508 g/mol. The first kappa shape index (κ1) is 22.6. The van der Waals surface area contributed by atoms with Gasteiger partial charge in [-0.05, 0) is 48.5 Å². The summed E-state index contributed by atoms with van der Waals surface area (Å²) in [5.74, 6) is -1.78. The van der Waals surface area contributed by atoms with Gasteiger partial charge in [-0.1, -0.05) is 11.8 Å². The first-order chi connectivity index (χ1) is 16.8. The first-order valence-electron chi connectivity index (χ1n) is 10.1. The Labute approximate surface area is 204 Å². The van der Waals surface area contributed by atoms with E-state index < -0.39 is 22.6 Å². The fraction of sp³-hybridized carbons (Fsp3) is 0.0435. The second-order valence-corrected chi connectivity index (χ2v) is 9.66. The SMILES string of the molecule is O=C(CSc1nc2ccc(N3C(=O)c4ccc([N+](=O)[O-])cc4C3=O)cc2s1)Nc1ccc(F)cc1. The van der Waals surface area contributed by atoms with Crippen LogP contribution in [0.2, 0.25) is 0 Å². The third kappa shape index (κ3) is 4.36. The fourth-order valence-electron chi connectivity index (χ4n) is 3.53. The maximum absolute atomic E-state index is 13.0. The molecule has 35 heavy (non-hydrogen) atoms. The molecule has 4 aromatic rings. The normalized spacial score (nSPS) is 12.8. The van der Waals surface area contributed by atoms with E-state index in [0.29, 0.717) is 25.9 Å². The van der Waals surface area contributed by atoms with Gasteiger partial charge in [0.05, 0.1) is 37.7 Å². The summed E-state index contributed by atoms with van der Waals surface area (Å²) in [4.78, 5) is 53.8. The van der Waals surface area contributed by atoms with E-state index in [9.17, 15) is 28.9 Å². The number of nitro groups is 1. The maximum atomic E-state index is 13.0. The molecule has 3 aromatic carbocycles. The summed E-state index contributed by atoms with van der Waals surface area (Å²) in [6.07, 6.45) is 0. The molecule has 1 aliphatic rings. The Morgan fingerprint density at radius 1 is 1.06 bits per heavy atom. The largest absolute Gasteiger partial charge is 0.325 e. The van der Waals surface area contributed by atoms with Crippen molar-refractivity contribution < 1.29 is 23.7 Å². The molecule has 2 heterocycles. The summed E-state index contributed by atoms with van der Waals surface area (Å²) in [7, 11) is 0. The highest BCUT2D eigenvalue weighted by Crippen LogP contribution is 2.35. The molecule has 1 N–H and O–H groups in total. The Bertz CT molecular complexity index is 1540. The van der Waals surface area contributed by atoms with Gasteiger partial charge in [0.1, 0.15) is 5.82 Å². The van der Waals surface area contributed by atoms with Crippen molar-refractivity contribution in [3.63, 3.8) is 0 Å². The standard InChI is InChI=1S/C23H13FN4O5S2/c24-12-1-3-13(4-2-12)25-20(29)11-34-23-26-18-8-6-14(10-19(18)35-23)27-21(30)16-7-5-15(28(32)33)9-17(16)22(27)31/h1-10H,11H2,(H,25,29). The quantitative estimate of drug-likeness (QED) is 0.171. The third-order valence-corrected chi connectivity index (χ3v) is 7.31. The number of imide groups is 1. The van der Waals surface area contributed by atoms with E-state index in [-0.39, 0.29) is 28.5 Å². The minimum Gasteiger partial charge on any atom is -0.325 e. The first-order valence-corrected chi connectivity index (χ1v) is 11.9. The van der Waals surface area contributed by atoms with Crippen LogP contribution in [0.15, 0.2) is 65.0 Å². The number of anilines is 2. The lowest BCUT2D eigenvalue weighted by molar-refractivity contribution is -0.384. The molecule has 5 rings (SSSR count). The van der Waals surface area contributed by atoms with Crippen LogP contribution < -0.4 is 10.2 Å². The average molecular weight is 509 g/mol. The molecule has 1 aromatic heterocycles. The summed E-state index contributed by atoms with van der Waals surface area (Å²) >= 11 is 2.52. The lowest BCUT2D eigenvalue weighted by Gasteiger charge is -2.13. The Kier molecular flexibility index (Phi) is 5.75. The molecule has 0 saturated heterocycles. The molecular weight excluding hydrogens is 495 g/mol. The fourth-order valence-corrected chi connectivity index (χ4v) is 5.43. The molecule has 0 saturated carbocycles. The van der Waals surface area contributed by atoms with Crippen LogP contribution in [-0.2, 0) is 4.79 Å². The second-order valence-electron chi connectivity index (χ2n) is 7.41. The van der Waals surface area contributed by atoms with Crippen LogP contribution in [0.4, 0.5) is 21.5 Å². The number of benzene rings is 3. The molecule has 0 fully saturated rings. The van der Waals surface area contributed by atoms with Crippen molar-refractivity contribution >= 4 is 68.1 Å². The molecule has 0 unspecified atom stereocenters. The van der Waals surface area contributed by atoms with Gasteiger partial charge in [0.25, 0.3) is 17.5 Å². The van der Waals surface area contributed by atoms with Crippen LogP contribution in [0.3, 0.4) is 0 Å². The number of thiazole rings is 1. The van der Waals surface area contributed by atoms with Crippen LogP contribution >= 0.6 is 23.1 Å². The van der Waals surface area contributed by atoms with E-state index >= 15 is 0 Å². The number of carbonyl (C=O) groups excluding carboxylic acids is 3. The lowest BCUT2D eigenvalue weighted by atomic mass is 10.1. The number of aromatic nitrogens is 1. The topological polar surface area (TPSA) is 123 Å². The number of fused-ring (bicyclic) bond motifs is 2. The minimum atomic E-state index is -0.635. The van der Waals surface area contributed by atoms with Gasteiger partial charge >= 0.3 is 0 Å². The van der Waals surface area contributed by atoms with Crippen molar-refractivity contribution in [1.29, 1.82) is 0 Å². The molecule has 174 valence electrons. The number of carbonyl (C=O) groups is 3. The zero-order valence-electron chi connectivity index (χ0n) is 17.6. The molecule has 0 radical (unpaired) electrons. The van der Waals surface area contributed by atoms with Crippen LogP contribution in [0, 0.1) is 15.9 Å². The average Bonchev–Trinajstić information content (AvgIpc) is 3.36. The molecule has 0 aliphatic carbocycles. The predicted molar refractivity (Wildman–Crippen MR) is 130 cm³/mol. The van der Waals surface area contributed by atoms with Crippen molar-refractivity contribution in [2.24, 2.45) is 0 Å². The molecule has 0 atom stereocenters. The van der Waals surface area contributed by atoms with Crippen LogP contribution in [0.25, 0.3) is 10.2 Å². The Balaban J connectivity index is 1.32. The molecule has 1 aliphatic heterocycles. The number of thioether (sulfide) groups is 1. The smallest absolute Gasteiger partial charge is 0.270 e. The molecule has 0 bridgehead atoms. The van der Waals surface area contributed by atoms with E-state index in [0.717, 1.165) is 11.0 Å². The zero-order valence-corrected chi connectivity index (χ0v) is 19.2. The number of nitrogens with one attached hydrogen (secondary N) is 1. The van der Waals surface area contributed by atoms with Crippen molar-refractivity contribution in [3.05, 3.63) is 87.7 Å². The van der Waals surface area contributed by atoms with Gasteiger partial charge in [-0.2, -0.15) is 0 Å². The molecule has 0 spiro atoms. The van der Waals surface area contributed by atoms with Gasteiger partial charge in [-0.25, -0.2) is 14.3 Å². The van der Waals surface area contributed by atoms with Crippen LogP contribution in [-0.4, -0.2) is 33.4 Å². The van der Waals surface area contributed by atoms with Gasteiger partial charge < -0.3 is 5.32 Å². The van der Waals surface area contributed by atoms with Crippen LogP contribution in [0.5, 0.6) is 0 Å². The second kappa shape index (κ2) is 8.89. The summed E-state index contributed by atoms with van der Waals surface area (Å²) in [5.41, 5.74) is 1.26. The summed E-state index contributed by atoms with van der Waals surface area (Å²) in [6, 6.07) is 13.9. The number of hydrogen-bond acceptors (Lipinski definition) is 8. The number of non-ortho nitro benzene ring substituents is 1. The van der Waals surface area contributed by atoms with Crippen LogP contribution in [0.1, 0.15) is 20.7 Å². The molecule has 3 amide bonds. The summed E-state index contributed by atoms with van der Waals surface area (Å²) in [5, 5.41) is 13.7. The maximum Gasteiger partial charge on any atom is 0.270 e. The number of halogens is 1. The molecule has 12 heteroatoms. The summed E-state index contributed by atoms with van der Waals surface area (Å²) in [6.45, 7) is 0. The van der Waals surface area contributed by atoms with Gasteiger partial charge in [0.2, 0.25) is 5.91 Å². The van der Waals surface area contributed by atoms with E-state index in [1.165, 1.54) is 59.5 Å². The number of rotatable bonds is 6. The predicted octanol–water partition coefficient (Wildman–Crippen LogP) is 4.88. The van der Waals surface area contributed by atoms with E-state index in [2.05, 4.69) is 10.3 Å². The number of amides is 3. The minimum absolute atomic E-state index is 0.0167. The number of hydrogen-bond donors (Lipinski definition) is 1. The van der Waals surface area contributed by atoms with E-state index in [4.69, 9.17) is 0 Å². The molecular formula is C23H13FN4O5S2. The third-order valence-electron chi connectivity index (χ3n) is 5.15. The Morgan fingerprint density at radius 2 is 1.80 bits per heavy atom. The van der Waals surface area contributed by atoms with Crippen molar-refractivity contribution in [3.8, 4) is 0 Å². The van der Waals surface area contributed by atoms with Crippen molar-refractivity contribution in [1.82, 2.24) is 4.98 Å². The highest BCUT2D eigenvalue weighted by atomic mass is 32.2. The Hall–Kier alpha value is -4.16. The highest BCUT2D eigenvalue weighted by Gasteiger charge is 2.38. The van der Waals surface area contributed by atoms with E-state index in [1.54, 1.807) is 18.2 Å². The zero-order chi connectivity index (χ0) is 24.7. The van der Waals surface area contributed by atoms with Gasteiger partial charge in [-0.15, -0.1) is 11.3 Å². The Morgan fingerprint density at radius 3 is 2.54 bits per heavy atom. The molecule has 9 nitrogen and oxygen atoms in total. The highest BCUT2D eigenvalue weighted by molar-refractivity contribution is 8.01. The lowest BCUT2D eigenvalue weighted by Crippen LogP contribution is -2.29. The van der Waals surface area contributed by atoms with Gasteiger partial charge in [0.15, 0.2) is 4.34 Å². The number of nitrogens with zero attached hydrogens (tertiary/aromatic N) is 3. The van der Waals surface area contributed by atoms with Crippen molar-refractivity contribution in [2.75, 3.05) is 16.0 Å². The van der Waals surface area contributed by atoms with Crippen molar-refractivity contribution in [2.45, 2.75) is 4.34 Å². The van der Waals surface area contributed by atoms with Gasteiger partial charge in [0, 0.05) is 17.8 Å².